The molecule has 112 valence electrons. The Morgan fingerprint density at radius 3 is 2.30 bits per heavy atom. The number of nitrogens with zero attached hydrogens (tertiary/aromatic N) is 3. The van der Waals surface area contributed by atoms with Crippen LogP contribution in [0.25, 0.3) is 0 Å². The fourth-order valence-corrected chi connectivity index (χ4v) is 2.68. The van der Waals surface area contributed by atoms with E-state index in [-0.39, 0.29) is 18.1 Å². The molecule has 5 nitrogen and oxygen atoms in total. The second kappa shape index (κ2) is 6.90. The molecule has 5 heteroatoms. The number of carbonyl (C=O) groups is 1. The van der Waals surface area contributed by atoms with Crippen LogP contribution in [0.2, 0.25) is 0 Å². The Labute approximate surface area is 120 Å². The van der Waals surface area contributed by atoms with Crippen molar-refractivity contribution in [2.45, 2.75) is 32.4 Å². The van der Waals surface area contributed by atoms with E-state index in [4.69, 9.17) is 0 Å². The summed E-state index contributed by atoms with van der Waals surface area (Å²) in [6, 6.07) is 4.17. The van der Waals surface area contributed by atoms with E-state index in [1.807, 2.05) is 29.4 Å². The van der Waals surface area contributed by atoms with Crippen molar-refractivity contribution in [1.82, 2.24) is 14.4 Å². The average molecular weight is 279 g/mol. The van der Waals surface area contributed by atoms with Gasteiger partial charge < -0.3 is 14.6 Å². The lowest BCUT2D eigenvalue weighted by Crippen LogP contribution is -2.50. The minimum atomic E-state index is -0.300. The molecule has 1 aliphatic heterocycles. The molecule has 0 bridgehead atoms. The molecule has 0 aromatic carbocycles. The number of piperazine rings is 1. The molecule has 1 aromatic heterocycles. The van der Waals surface area contributed by atoms with Crippen molar-refractivity contribution in [3.8, 4) is 0 Å². The van der Waals surface area contributed by atoms with Crippen LogP contribution in [0.5, 0.6) is 0 Å². The topological polar surface area (TPSA) is 48.7 Å². The first kappa shape index (κ1) is 15.1. The number of carbonyl (C=O) groups excluding carboxylic acids is 1. The maximum Gasteiger partial charge on any atom is 0.224 e. The summed E-state index contributed by atoms with van der Waals surface area (Å²) in [5, 5.41) is 9.38. The van der Waals surface area contributed by atoms with Crippen molar-refractivity contribution in [3.05, 3.63) is 24.5 Å². The lowest BCUT2D eigenvalue weighted by molar-refractivity contribution is -0.133. The zero-order chi connectivity index (χ0) is 14.5. The number of amides is 1. The number of hydrogen-bond donors (Lipinski definition) is 1. The number of β-amino-alcohol motifs (C(OH)–C–C–N with tert-alkyl or cyclic N) is 1. The van der Waals surface area contributed by atoms with E-state index in [2.05, 4.69) is 16.4 Å². The zero-order valence-corrected chi connectivity index (χ0v) is 12.4. The van der Waals surface area contributed by atoms with Gasteiger partial charge in [0.25, 0.3) is 0 Å². The average Bonchev–Trinajstić information content (AvgIpc) is 2.92. The largest absolute Gasteiger partial charge is 0.392 e. The summed E-state index contributed by atoms with van der Waals surface area (Å²) in [5.74, 6) is 0.225. The molecule has 1 fully saturated rings. The molecule has 2 rings (SSSR count). The van der Waals surface area contributed by atoms with Crippen molar-refractivity contribution in [2.24, 2.45) is 0 Å². The molecular formula is C15H25N3O2. The highest BCUT2D eigenvalue weighted by atomic mass is 16.3. The van der Waals surface area contributed by atoms with E-state index in [9.17, 15) is 9.90 Å². The van der Waals surface area contributed by atoms with E-state index >= 15 is 0 Å². The van der Waals surface area contributed by atoms with Crippen LogP contribution in [-0.2, 0) is 4.79 Å². The second-order valence-corrected chi connectivity index (χ2v) is 5.71. The third-order valence-electron chi connectivity index (χ3n) is 3.85. The van der Waals surface area contributed by atoms with Crippen LogP contribution in [0.3, 0.4) is 0 Å². The number of aliphatic hydroxyl groups excluding tert-OH is 1. The van der Waals surface area contributed by atoms with E-state index < -0.39 is 0 Å². The van der Waals surface area contributed by atoms with E-state index in [0.717, 1.165) is 26.2 Å². The summed E-state index contributed by atoms with van der Waals surface area (Å²) in [4.78, 5) is 16.4. The van der Waals surface area contributed by atoms with Crippen molar-refractivity contribution in [3.63, 3.8) is 0 Å². The minimum Gasteiger partial charge on any atom is -0.392 e. The molecule has 2 heterocycles. The number of rotatable bonds is 5. The van der Waals surface area contributed by atoms with Crippen LogP contribution in [0, 0.1) is 0 Å². The van der Waals surface area contributed by atoms with Crippen LogP contribution in [0.4, 0.5) is 0 Å². The Kier molecular flexibility index (Phi) is 5.20. The van der Waals surface area contributed by atoms with E-state index in [1.54, 1.807) is 6.92 Å². The maximum atomic E-state index is 12.3. The first-order valence-electron chi connectivity index (χ1n) is 7.37. The van der Waals surface area contributed by atoms with E-state index in [1.165, 1.54) is 0 Å². The predicted octanol–water partition coefficient (Wildman–Crippen LogP) is 0.964. The van der Waals surface area contributed by atoms with Crippen LogP contribution in [0.15, 0.2) is 24.5 Å². The molecular weight excluding hydrogens is 254 g/mol. The summed E-state index contributed by atoms with van der Waals surface area (Å²) in [5.41, 5.74) is 0. The third-order valence-corrected chi connectivity index (χ3v) is 3.85. The summed E-state index contributed by atoms with van der Waals surface area (Å²) >= 11 is 0. The van der Waals surface area contributed by atoms with Gasteiger partial charge in [0.05, 0.1) is 6.10 Å². The summed E-state index contributed by atoms with van der Waals surface area (Å²) in [6.45, 7) is 7.82. The number of aromatic nitrogens is 1. The Morgan fingerprint density at radius 1 is 1.15 bits per heavy atom. The highest BCUT2D eigenvalue weighted by molar-refractivity contribution is 5.76. The molecule has 1 aromatic rings. The number of aliphatic hydroxyl groups is 1. The Bertz CT molecular complexity index is 409. The lowest BCUT2D eigenvalue weighted by atomic mass is 10.2. The van der Waals surface area contributed by atoms with Gasteiger partial charge in [0.15, 0.2) is 0 Å². The van der Waals surface area contributed by atoms with Gasteiger partial charge in [0.2, 0.25) is 5.91 Å². The molecule has 1 saturated heterocycles. The quantitative estimate of drug-likeness (QED) is 0.873. The molecule has 0 unspecified atom stereocenters. The Morgan fingerprint density at radius 2 is 1.75 bits per heavy atom. The summed E-state index contributed by atoms with van der Waals surface area (Å²) < 4.78 is 2.07. The molecule has 0 saturated carbocycles. The van der Waals surface area contributed by atoms with Gasteiger partial charge in [-0.05, 0) is 26.0 Å². The van der Waals surface area contributed by atoms with E-state index in [0.29, 0.717) is 13.0 Å². The van der Waals surface area contributed by atoms with Crippen molar-refractivity contribution >= 4 is 5.91 Å². The van der Waals surface area contributed by atoms with Gasteiger partial charge in [-0.1, -0.05) is 0 Å². The van der Waals surface area contributed by atoms with Gasteiger partial charge >= 0.3 is 0 Å². The fraction of sp³-hybridized carbons (Fsp3) is 0.667. The molecule has 2 atom stereocenters. The van der Waals surface area contributed by atoms with Crippen LogP contribution < -0.4 is 0 Å². The first-order chi connectivity index (χ1) is 9.56. The predicted molar refractivity (Wildman–Crippen MR) is 78.5 cm³/mol. The van der Waals surface area contributed by atoms with Crippen LogP contribution >= 0.6 is 0 Å². The molecule has 1 amide bonds. The SMILES string of the molecule is C[C@@H](O)CN1CCN(C(=O)C[C@H](C)n2cccc2)CC1. The molecule has 1 aliphatic rings. The molecule has 1 N–H and O–H groups in total. The van der Waals surface area contributed by atoms with Gasteiger partial charge in [0.1, 0.15) is 0 Å². The fourth-order valence-electron chi connectivity index (χ4n) is 2.68. The Balaban J connectivity index is 1.77. The van der Waals surface area contributed by atoms with Gasteiger partial charge in [-0.3, -0.25) is 9.69 Å². The van der Waals surface area contributed by atoms with Gasteiger partial charge in [-0.25, -0.2) is 0 Å². The summed E-state index contributed by atoms with van der Waals surface area (Å²) in [7, 11) is 0. The molecule has 20 heavy (non-hydrogen) atoms. The van der Waals surface area contributed by atoms with Crippen molar-refractivity contribution in [2.75, 3.05) is 32.7 Å². The second-order valence-electron chi connectivity index (χ2n) is 5.71. The number of hydrogen-bond acceptors (Lipinski definition) is 3. The maximum absolute atomic E-state index is 12.3. The lowest BCUT2D eigenvalue weighted by Gasteiger charge is -2.35. The van der Waals surface area contributed by atoms with Crippen LogP contribution in [-0.4, -0.2) is 64.2 Å². The molecule has 0 aliphatic carbocycles. The first-order valence-corrected chi connectivity index (χ1v) is 7.37. The highest BCUT2D eigenvalue weighted by Crippen LogP contribution is 2.14. The smallest absolute Gasteiger partial charge is 0.224 e. The third kappa shape index (κ3) is 4.08. The monoisotopic (exact) mass is 279 g/mol. The minimum absolute atomic E-state index is 0.202. The summed E-state index contributed by atoms with van der Waals surface area (Å²) in [6.07, 6.45) is 4.24. The normalized spacial score (nSPS) is 19.9. The van der Waals surface area contributed by atoms with Gasteiger partial charge in [-0.15, -0.1) is 0 Å². The molecule has 0 spiro atoms. The van der Waals surface area contributed by atoms with Crippen molar-refractivity contribution < 1.29 is 9.90 Å². The van der Waals surface area contributed by atoms with Crippen molar-refractivity contribution in [1.29, 1.82) is 0 Å². The molecule has 0 radical (unpaired) electrons. The zero-order valence-electron chi connectivity index (χ0n) is 12.4. The van der Waals surface area contributed by atoms with Crippen LogP contribution in [0.1, 0.15) is 26.3 Å². The van der Waals surface area contributed by atoms with Gasteiger partial charge in [0, 0.05) is 57.6 Å². The highest BCUT2D eigenvalue weighted by Gasteiger charge is 2.22. The Hall–Kier alpha value is -1.33. The van der Waals surface area contributed by atoms with Gasteiger partial charge in [-0.2, -0.15) is 0 Å². The standard InChI is InChI=1S/C15H25N3O2/c1-13(17-5-3-4-6-17)11-15(20)18-9-7-16(8-10-18)12-14(2)19/h3-6,13-14,19H,7-12H2,1-2H3/t13-,14+/m0/s1.